The number of rotatable bonds is 4. The lowest BCUT2D eigenvalue weighted by Crippen LogP contribution is -2.45. The summed E-state index contributed by atoms with van der Waals surface area (Å²) < 4.78 is 38.0. The van der Waals surface area contributed by atoms with E-state index in [2.05, 4.69) is 5.32 Å². The molecule has 0 spiro atoms. The van der Waals surface area contributed by atoms with E-state index in [1.807, 2.05) is 12.1 Å². The summed E-state index contributed by atoms with van der Waals surface area (Å²) in [5.41, 5.74) is 0.284. The number of hydrogen-bond donors (Lipinski definition) is 1. The maximum Gasteiger partial charge on any atom is 0.416 e. The fourth-order valence-corrected chi connectivity index (χ4v) is 3.86. The van der Waals surface area contributed by atoms with Gasteiger partial charge in [0.15, 0.2) is 0 Å². The largest absolute Gasteiger partial charge is 0.416 e. The number of amides is 1. The van der Waals surface area contributed by atoms with Gasteiger partial charge in [0.25, 0.3) is 0 Å². The Morgan fingerprint density at radius 1 is 0.963 bits per heavy atom. The molecule has 1 fully saturated rings. The molecule has 0 saturated heterocycles. The number of nitrogens with one attached hydrogen (secondary N) is 1. The zero-order valence-electron chi connectivity index (χ0n) is 14.8. The summed E-state index contributed by atoms with van der Waals surface area (Å²) in [6, 6.07) is 12.2. The highest BCUT2D eigenvalue weighted by Gasteiger charge is 2.40. The van der Waals surface area contributed by atoms with Gasteiger partial charge in [0.1, 0.15) is 0 Å². The molecule has 1 aliphatic rings. The van der Waals surface area contributed by atoms with Crippen LogP contribution in [0.3, 0.4) is 0 Å². The lowest BCUT2D eigenvalue weighted by molar-refractivity contribution is -0.137. The van der Waals surface area contributed by atoms with Gasteiger partial charge in [0.2, 0.25) is 5.91 Å². The van der Waals surface area contributed by atoms with Crippen molar-refractivity contribution in [3.8, 4) is 0 Å². The van der Waals surface area contributed by atoms with Crippen molar-refractivity contribution < 1.29 is 18.0 Å². The summed E-state index contributed by atoms with van der Waals surface area (Å²) in [6.45, 7) is 0.201. The predicted molar refractivity (Wildman–Crippen MR) is 99.5 cm³/mol. The van der Waals surface area contributed by atoms with Gasteiger partial charge in [-0.25, -0.2) is 0 Å². The van der Waals surface area contributed by atoms with Gasteiger partial charge in [-0.2, -0.15) is 13.2 Å². The minimum absolute atomic E-state index is 0.0792. The van der Waals surface area contributed by atoms with Gasteiger partial charge in [0.05, 0.1) is 11.0 Å². The molecular weight excluding hydrogens is 375 g/mol. The third-order valence-electron chi connectivity index (χ3n) is 5.27. The van der Waals surface area contributed by atoms with Gasteiger partial charge in [-0.05, 0) is 48.2 Å². The summed E-state index contributed by atoms with van der Waals surface area (Å²) in [4.78, 5) is 13.1. The molecule has 2 aromatic carbocycles. The number of alkyl halides is 3. The topological polar surface area (TPSA) is 29.1 Å². The summed E-state index contributed by atoms with van der Waals surface area (Å²) in [6.07, 6.45) is 0.192. The Hall–Kier alpha value is -2.01. The summed E-state index contributed by atoms with van der Waals surface area (Å²) in [7, 11) is 0. The molecule has 3 rings (SSSR count). The average Bonchev–Trinajstić information content (AvgIpc) is 2.67. The van der Waals surface area contributed by atoms with E-state index in [1.165, 1.54) is 12.1 Å². The van der Waals surface area contributed by atoms with Gasteiger partial charge in [-0.3, -0.25) is 4.79 Å². The molecule has 1 amide bonds. The van der Waals surface area contributed by atoms with E-state index in [4.69, 9.17) is 11.6 Å². The van der Waals surface area contributed by atoms with Crippen LogP contribution in [0.25, 0.3) is 0 Å². The molecule has 0 unspecified atom stereocenters. The zero-order chi connectivity index (χ0) is 19.5. The summed E-state index contributed by atoms with van der Waals surface area (Å²) >= 11 is 5.98. The minimum Gasteiger partial charge on any atom is -0.351 e. The number of benzene rings is 2. The number of carbonyl (C=O) groups is 1. The quantitative estimate of drug-likeness (QED) is 0.688. The highest BCUT2D eigenvalue weighted by molar-refractivity contribution is 6.30. The fraction of sp³-hybridized carbons (Fsp3) is 0.381. The van der Waals surface area contributed by atoms with Crippen LogP contribution in [0.15, 0.2) is 48.5 Å². The first-order valence-electron chi connectivity index (χ1n) is 9.02. The third kappa shape index (κ3) is 4.46. The molecule has 0 aliphatic heterocycles. The Kier molecular flexibility index (Phi) is 5.80. The zero-order valence-corrected chi connectivity index (χ0v) is 15.5. The molecule has 6 heteroatoms. The van der Waals surface area contributed by atoms with E-state index in [0.717, 1.165) is 49.8 Å². The Labute approximate surface area is 161 Å². The molecule has 2 nitrogen and oxygen atoms in total. The molecule has 1 N–H and O–H groups in total. The first-order chi connectivity index (χ1) is 12.8. The van der Waals surface area contributed by atoms with Gasteiger partial charge >= 0.3 is 6.18 Å². The number of halogens is 4. The predicted octanol–water partition coefficient (Wildman–Crippen LogP) is 5.88. The minimum atomic E-state index is -4.36. The smallest absolute Gasteiger partial charge is 0.351 e. The van der Waals surface area contributed by atoms with Crippen molar-refractivity contribution in [1.82, 2.24) is 5.32 Å². The third-order valence-corrected chi connectivity index (χ3v) is 5.52. The molecule has 0 heterocycles. The van der Waals surface area contributed by atoms with E-state index in [1.54, 1.807) is 12.1 Å². The first-order valence-corrected chi connectivity index (χ1v) is 9.39. The van der Waals surface area contributed by atoms with E-state index in [0.29, 0.717) is 10.6 Å². The van der Waals surface area contributed by atoms with Crippen molar-refractivity contribution in [2.24, 2.45) is 0 Å². The molecule has 0 bridgehead atoms. The molecule has 0 aromatic heterocycles. The van der Waals surface area contributed by atoms with Crippen molar-refractivity contribution in [3.05, 3.63) is 70.2 Å². The highest BCUT2D eigenvalue weighted by Crippen LogP contribution is 2.40. The standard InChI is InChI=1S/C21H21ClF3NO/c22-18-10-8-16(9-11-18)20(12-2-1-3-13-20)19(27)26-14-15-4-6-17(7-5-15)21(23,24)25/h4-11H,1-3,12-14H2,(H,26,27). The van der Waals surface area contributed by atoms with Crippen molar-refractivity contribution in [2.75, 3.05) is 0 Å². The maximum absolute atomic E-state index is 13.1. The molecule has 2 aromatic rings. The molecule has 1 aliphatic carbocycles. The molecule has 1 saturated carbocycles. The van der Waals surface area contributed by atoms with Crippen molar-refractivity contribution in [2.45, 2.75) is 50.2 Å². The average molecular weight is 396 g/mol. The van der Waals surface area contributed by atoms with Crippen molar-refractivity contribution >= 4 is 17.5 Å². The van der Waals surface area contributed by atoms with E-state index < -0.39 is 17.2 Å². The highest BCUT2D eigenvalue weighted by atomic mass is 35.5. The first kappa shape index (κ1) is 19.7. The van der Waals surface area contributed by atoms with Gasteiger partial charge < -0.3 is 5.32 Å². The molecule has 144 valence electrons. The van der Waals surface area contributed by atoms with Crippen LogP contribution in [0, 0.1) is 0 Å². The van der Waals surface area contributed by atoms with Crippen LogP contribution in [0.5, 0.6) is 0 Å². The van der Waals surface area contributed by atoms with Crippen LogP contribution < -0.4 is 5.32 Å². The summed E-state index contributed by atoms with van der Waals surface area (Å²) in [5.74, 6) is -0.0792. The molecule has 0 radical (unpaired) electrons. The van der Waals surface area contributed by atoms with Crippen LogP contribution in [-0.2, 0) is 22.9 Å². The number of hydrogen-bond acceptors (Lipinski definition) is 1. The monoisotopic (exact) mass is 395 g/mol. The van der Waals surface area contributed by atoms with Crippen LogP contribution in [0.1, 0.15) is 48.8 Å². The molecular formula is C21H21ClF3NO. The number of carbonyl (C=O) groups excluding carboxylic acids is 1. The maximum atomic E-state index is 13.1. The van der Waals surface area contributed by atoms with E-state index in [9.17, 15) is 18.0 Å². The second-order valence-electron chi connectivity index (χ2n) is 7.03. The summed E-state index contributed by atoms with van der Waals surface area (Å²) in [5, 5.41) is 3.55. The fourth-order valence-electron chi connectivity index (χ4n) is 3.73. The Morgan fingerprint density at radius 2 is 1.56 bits per heavy atom. The lowest BCUT2D eigenvalue weighted by atomic mass is 9.68. The molecule has 0 atom stereocenters. The van der Waals surface area contributed by atoms with Crippen LogP contribution in [-0.4, -0.2) is 5.91 Å². The lowest BCUT2D eigenvalue weighted by Gasteiger charge is -2.36. The van der Waals surface area contributed by atoms with Gasteiger partial charge in [0, 0.05) is 11.6 Å². The Bertz CT molecular complexity index is 779. The second kappa shape index (κ2) is 7.93. The Morgan fingerprint density at radius 3 is 2.11 bits per heavy atom. The molecule has 27 heavy (non-hydrogen) atoms. The van der Waals surface area contributed by atoms with Gasteiger partial charge in [-0.1, -0.05) is 55.1 Å². The second-order valence-corrected chi connectivity index (χ2v) is 7.46. The Balaban J connectivity index is 1.74. The van der Waals surface area contributed by atoms with Crippen LogP contribution in [0.2, 0.25) is 5.02 Å². The van der Waals surface area contributed by atoms with Crippen LogP contribution >= 0.6 is 11.6 Å². The normalized spacial score (nSPS) is 16.7. The van der Waals surface area contributed by atoms with E-state index in [-0.39, 0.29) is 12.5 Å². The van der Waals surface area contributed by atoms with Crippen LogP contribution in [0.4, 0.5) is 13.2 Å². The SMILES string of the molecule is O=C(NCc1ccc(C(F)(F)F)cc1)C1(c2ccc(Cl)cc2)CCCCC1. The van der Waals surface area contributed by atoms with E-state index >= 15 is 0 Å². The van der Waals surface area contributed by atoms with Crippen molar-refractivity contribution in [3.63, 3.8) is 0 Å². The van der Waals surface area contributed by atoms with Crippen molar-refractivity contribution in [1.29, 1.82) is 0 Å². The van der Waals surface area contributed by atoms with Gasteiger partial charge in [-0.15, -0.1) is 0 Å².